The van der Waals surface area contributed by atoms with Crippen LogP contribution in [0.2, 0.25) is 0 Å². The Morgan fingerprint density at radius 3 is 2.55 bits per heavy atom. The highest BCUT2D eigenvalue weighted by Crippen LogP contribution is 2.17. The Morgan fingerprint density at radius 2 is 1.95 bits per heavy atom. The van der Waals surface area contributed by atoms with Gasteiger partial charge in [0.25, 0.3) is 0 Å². The molecule has 0 radical (unpaired) electrons. The van der Waals surface area contributed by atoms with E-state index >= 15 is 0 Å². The molecule has 1 aliphatic heterocycles. The molecule has 112 valence electrons. The van der Waals surface area contributed by atoms with Gasteiger partial charge >= 0.3 is 0 Å². The van der Waals surface area contributed by atoms with Crippen LogP contribution >= 0.6 is 0 Å². The summed E-state index contributed by atoms with van der Waals surface area (Å²) in [5.41, 5.74) is 2.61. The third-order valence-electron chi connectivity index (χ3n) is 3.44. The lowest BCUT2D eigenvalue weighted by Gasteiger charge is -2.29. The molecule has 1 N–H and O–H groups in total. The Balaban J connectivity index is 2.15. The number of ether oxygens (including phenoxy) is 1. The van der Waals surface area contributed by atoms with Gasteiger partial charge in [0, 0.05) is 30.9 Å². The van der Waals surface area contributed by atoms with Gasteiger partial charge in [-0.25, -0.2) is 4.98 Å². The highest BCUT2D eigenvalue weighted by Gasteiger charge is 2.15. The molecule has 1 fully saturated rings. The number of morpholine rings is 1. The van der Waals surface area contributed by atoms with E-state index < -0.39 is 0 Å². The minimum Gasteiger partial charge on any atom is -0.378 e. The SMILES string of the molecule is CCc1cc(CNC(C)(C)C)cc(N2CCOCC2)n1. The minimum absolute atomic E-state index is 0.134. The summed E-state index contributed by atoms with van der Waals surface area (Å²) in [7, 11) is 0. The van der Waals surface area contributed by atoms with E-state index in [2.05, 4.69) is 50.0 Å². The number of anilines is 1. The summed E-state index contributed by atoms with van der Waals surface area (Å²) in [6.45, 7) is 13.1. The molecule has 1 aromatic heterocycles. The van der Waals surface area contributed by atoms with Gasteiger partial charge in [0.1, 0.15) is 5.82 Å². The fourth-order valence-corrected chi connectivity index (χ4v) is 2.24. The maximum atomic E-state index is 5.42. The molecule has 2 heterocycles. The number of nitrogens with one attached hydrogen (secondary N) is 1. The van der Waals surface area contributed by atoms with E-state index in [9.17, 15) is 0 Å². The van der Waals surface area contributed by atoms with Crippen LogP contribution in [0.15, 0.2) is 12.1 Å². The zero-order chi connectivity index (χ0) is 14.6. The molecule has 0 unspecified atom stereocenters. The van der Waals surface area contributed by atoms with Gasteiger partial charge in [-0.3, -0.25) is 0 Å². The molecular weight excluding hydrogens is 250 g/mol. The Labute approximate surface area is 122 Å². The maximum absolute atomic E-state index is 5.42. The predicted molar refractivity (Wildman–Crippen MR) is 83.2 cm³/mol. The van der Waals surface area contributed by atoms with Crippen LogP contribution in [0.1, 0.15) is 39.0 Å². The highest BCUT2D eigenvalue weighted by molar-refractivity contribution is 5.43. The molecule has 1 aromatic rings. The summed E-state index contributed by atoms with van der Waals surface area (Å²) >= 11 is 0. The van der Waals surface area contributed by atoms with E-state index in [1.807, 2.05) is 0 Å². The highest BCUT2D eigenvalue weighted by atomic mass is 16.5. The zero-order valence-corrected chi connectivity index (χ0v) is 13.2. The molecule has 4 heteroatoms. The smallest absolute Gasteiger partial charge is 0.129 e. The number of aromatic nitrogens is 1. The van der Waals surface area contributed by atoms with Crippen molar-refractivity contribution in [3.05, 3.63) is 23.4 Å². The Kier molecular flexibility index (Phi) is 5.00. The summed E-state index contributed by atoms with van der Waals surface area (Å²) < 4.78 is 5.42. The van der Waals surface area contributed by atoms with E-state index in [1.54, 1.807) is 0 Å². The van der Waals surface area contributed by atoms with Crippen molar-refractivity contribution in [2.75, 3.05) is 31.2 Å². The second-order valence-electron chi connectivity index (χ2n) is 6.38. The standard InChI is InChI=1S/C16H27N3O/c1-5-14-10-13(12-17-16(2,3)4)11-15(18-14)19-6-8-20-9-7-19/h10-11,17H,5-9,12H2,1-4H3. The number of nitrogens with zero attached hydrogens (tertiary/aromatic N) is 2. The van der Waals surface area contributed by atoms with Gasteiger partial charge in [-0.15, -0.1) is 0 Å². The Morgan fingerprint density at radius 1 is 1.25 bits per heavy atom. The van der Waals surface area contributed by atoms with Crippen molar-refractivity contribution in [3.63, 3.8) is 0 Å². The van der Waals surface area contributed by atoms with Gasteiger partial charge < -0.3 is 15.0 Å². The van der Waals surface area contributed by atoms with E-state index in [-0.39, 0.29) is 5.54 Å². The number of hydrogen-bond acceptors (Lipinski definition) is 4. The van der Waals surface area contributed by atoms with Gasteiger partial charge in [-0.1, -0.05) is 6.92 Å². The molecule has 4 nitrogen and oxygen atoms in total. The van der Waals surface area contributed by atoms with E-state index in [0.29, 0.717) is 0 Å². The minimum atomic E-state index is 0.134. The van der Waals surface area contributed by atoms with Crippen LogP contribution in [0.25, 0.3) is 0 Å². The van der Waals surface area contributed by atoms with Crippen molar-refractivity contribution < 1.29 is 4.74 Å². The van der Waals surface area contributed by atoms with E-state index in [0.717, 1.165) is 45.1 Å². The summed E-state index contributed by atoms with van der Waals surface area (Å²) in [5, 5.41) is 3.55. The molecule has 0 saturated carbocycles. The van der Waals surface area contributed by atoms with Gasteiger partial charge in [-0.2, -0.15) is 0 Å². The number of rotatable bonds is 4. The number of hydrogen-bond donors (Lipinski definition) is 1. The van der Waals surface area contributed by atoms with Gasteiger partial charge in [0.15, 0.2) is 0 Å². The lowest BCUT2D eigenvalue weighted by atomic mass is 10.1. The fourth-order valence-electron chi connectivity index (χ4n) is 2.24. The molecule has 0 atom stereocenters. The monoisotopic (exact) mass is 277 g/mol. The zero-order valence-electron chi connectivity index (χ0n) is 13.2. The van der Waals surface area contributed by atoms with Crippen molar-refractivity contribution in [2.45, 2.75) is 46.2 Å². The van der Waals surface area contributed by atoms with E-state index in [1.165, 1.54) is 11.3 Å². The average molecular weight is 277 g/mol. The Hall–Kier alpha value is -1.13. The van der Waals surface area contributed by atoms with Crippen LogP contribution in [0.4, 0.5) is 5.82 Å². The topological polar surface area (TPSA) is 37.4 Å². The molecular formula is C16H27N3O. The lowest BCUT2D eigenvalue weighted by molar-refractivity contribution is 0.122. The second kappa shape index (κ2) is 6.55. The van der Waals surface area contributed by atoms with Gasteiger partial charge in [0.05, 0.1) is 13.2 Å². The number of pyridine rings is 1. The first-order valence-electron chi connectivity index (χ1n) is 7.55. The van der Waals surface area contributed by atoms with Crippen LogP contribution in [0, 0.1) is 0 Å². The lowest BCUT2D eigenvalue weighted by Crippen LogP contribution is -2.37. The summed E-state index contributed by atoms with van der Waals surface area (Å²) in [4.78, 5) is 7.09. The molecule has 20 heavy (non-hydrogen) atoms. The summed E-state index contributed by atoms with van der Waals surface area (Å²) in [6.07, 6.45) is 0.973. The van der Waals surface area contributed by atoms with Gasteiger partial charge in [-0.05, 0) is 44.9 Å². The van der Waals surface area contributed by atoms with Gasteiger partial charge in [0.2, 0.25) is 0 Å². The summed E-state index contributed by atoms with van der Waals surface area (Å²) in [5.74, 6) is 1.10. The first kappa shape index (κ1) is 15.3. The van der Waals surface area contributed by atoms with Crippen molar-refractivity contribution in [1.82, 2.24) is 10.3 Å². The first-order chi connectivity index (χ1) is 9.48. The van der Waals surface area contributed by atoms with Crippen molar-refractivity contribution in [1.29, 1.82) is 0 Å². The number of aryl methyl sites for hydroxylation is 1. The average Bonchev–Trinajstić information content (AvgIpc) is 2.45. The van der Waals surface area contributed by atoms with Crippen LogP contribution in [0.5, 0.6) is 0 Å². The van der Waals surface area contributed by atoms with Crippen LogP contribution < -0.4 is 10.2 Å². The van der Waals surface area contributed by atoms with Crippen molar-refractivity contribution in [3.8, 4) is 0 Å². The first-order valence-corrected chi connectivity index (χ1v) is 7.55. The molecule has 0 aromatic carbocycles. The molecule has 0 bridgehead atoms. The fraction of sp³-hybridized carbons (Fsp3) is 0.688. The quantitative estimate of drug-likeness (QED) is 0.917. The second-order valence-corrected chi connectivity index (χ2v) is 6.38. The third kappa shape index (κ3) is 4.46. The maximum Gasteiger partial charge on any atom is 0.129 e. The third-order valence-corrected chi connectivity index (χ3v) is 3.44. The van der Waals surface area contributed by atoms with Crippen LogP contribution in [-0.4, -0.2) is 36.8 Å². The largest absolute Gasteiger partial charge is 0.378 e. The molecule has 2 rings (SSSR count). The Bertz CT molecular complexity index is 434. The van der Waals surface area contributed by atoms with Crippen LogP contribution in [-0.2, 0) is 17.7 Å². The molecule has 1 saturated heterocycles. The van der Waals surface area contributed by atoms with Crippen molar-refractivity contribution in [2.24, 2.45) is 0 Å². The van der Waals surface area contributed by atoms with Crippen LogP contribution in [0.3, 0.4) is 0 Å². The van der Waals surface area contributed by atoms with E-state index in [4.69, 9.17) is 9.72 Å². The summed E-state index contributed by atoms with van der Waals surface area (Å²) in [6, 6.07) is 4.42. The molecule has 0 spiro atoms. The molecule has 0 aliphatic carbocycles. The predicted octanol–water partition coefficient (Wildman–Crippen LogP) is 2.37. The molecule has 0 amide bonds. The normalized spacial score (nSPS) is 16.5. The van der Waals surface area contributed by atoms with Crippen molar-refractivity contribution >= 4 is 5.82 Å². The molecule has 1 aliphatic rings.